The lowest BCUT2D eigenvalue weighted by Gasteiger charge is -2.18. The van der Waals surface area contributed by atoms with E-state index in [9.17, 15) is 14.4 Å². The van der Waals surface area contributed by atoms with E-state index in [4.69, 9.17) is 14.2 Å². The van der Waals surface area contributed by atoms with Gasteiger partial charge in [-0.25, -0.2) is 0 Å². The van der Waals surface area contributed by atoms with Crippen molar-refractivity contribution in [1.29, 1.82) is 0 Å². The van der Waals surface area contributed by atoms with Crippen molar-refractivity contribution in [3.05, 3.63) is 24.3 Å². The van der Waals surface area contributed by atoms with E-state index in [-0.39, 0.29) is 31.1 Å². The van der Waals surface area contributed by atoms with E-state index in [0.29, 0.717) is 19.3 Å². The number of allylic oxidation sites excluding steroid dienone is 4. The molecule has 0 heterocycles. The maximum absolute atomic E-state index is 12.9. The first-order valence-corrected chi connectivity index (χ1v) is 37.3. The number of unbranched alkanes of at least 4 members (excludes halogenated alkanes) is 55. The normalized spacial score (nSPS) is 12.1. The third-order valence-corrected chi connectivity index (χ3v) is 17.2. The third-order valence-electron chi connectivity index (χ3n) is 17.2. The first-order chi connectivity index (χ1) is 40.5. The van der Waals surface area contributed by atoms with Crippen molar-refractivity contribution in [3.8, 4) is 0 Å². The topological polar surface area (TPSA) is 78.9 Å². The molecule has 0 aromatic heterocycles. The Morgan fingerprint density at radius 2 is 0.439 bits per heavy atom. The van der Waals surface area contributed by atoms with E-state index in [2.05, 4.69) is 45.1 Å². The second-order valence-corrected chi connectivity index (χ2v) is 25.6. The van der Waals surface area contributed by atoms with Crippen LogP contribution in [0.2, 0.25) is 0 Å². The van der Waals surface area contributed by atoms with Crippen LogP contribution in [0.15, 0.2) is 24.3 Å². The lowest BCUT2D eigenvalue weighted by molar-refractivity contribution is -0.167. The summed E-state index contributed by atoms with van der Waals surface area (Å²) in [6.07, 6.45) is 88.5. The van der Waals surface area contributed by atoms with Crippen LogP contribution in [0.3, 0.4) is 0 Å². The van der Waals surface area contributed by atoms with Gasteiger partial charge in [0.05, 0.1) is 0 Å². The number of ether oxygens (including phenoxy) is 3. The number of esters is 3. The minimum absolute atomic E-state index is 0.0636. The monoisotopic (exact) mass is 1150 g/mol. The van der Waals surface area contributed by atoms with Gasteiger partial charge in [0.1, 0.15) is 13.2 Å². The van der Waals surface area contributed by atoms with E-state index >= 15 is 0 Å². The number of hydrogen-bond donors (Lipinski definition) is 0. The molecule has 6 nitrogen and oxygen atoms in total. The van der Waals surface area contributed by atoms with Gasteiger partial charge in [-0.15, -0.1) is 0 Å². The van der Waals surface area contributed by atoms with Gasteiger partial charge in [-0.05, 0) is 51.4 Å². The molecule has 0 radical (unpaired) electrons. The molecule has 6 heteroatoms. The van der Waals surface area contributed by atoms with Crippen LogP contribution in [0.1, 0.15) is 425 Å². The molecule has 0 aliphatic heterocycles. The molecule has 484 valence electrons. The van der Waals surface area contributed by atoms with E-state index in [1.54, 1.807) is 0 Å². The van der Waals surface area contributed by atoms with Crippen LogP contribution in [0, 0.1) is 0 Å². The molecule has 0 N–H and O–H groups in total. The molecule has 0 saturated heterocycles. The zero-order valence-corrected chi connectivity index (χ0v) is 55.8. The summed E-state index contributed by atoms with van der Waals surface area (Å²) >= 11 is 0. The van der Waals surface area contributed by atoms with E-state index in [0.717, 1.165) is 64.2 Å². The third kappa shape index (κ3) is 68.7. The van der Waals surface area contributed by atoms with Gasteiger partial charge in [0, 0.05) is 19.3 Å². The molecule has 0 spiro atoms. The molecule has 0 rings (SSSR count). The molecule has 1 unspecified atom stereocenters. The van der Waals surface area contributed by atoms with E-state index in [1.807, 2.05) is 0 Å². The number of rotatable bonds is 70. The van der Waals surface area contributed by atoms with Crippen LogP contribution in [-0.4, -0.2) is 37.2 Å². The van der Waals surface area contributed by atoms with Gasteiger partial charge in [0.2, 0.25) is 0 Å². The largest absolute Gasteiger partial charge is 0.462 e. The summed E-state index contributed by atoms with van der Waals surface area (Å²) in [4.78, 5) is 38.1. The fraction of sp³-hybridized carbons (Fsp3) is 0.908. The molecule has 0 aliphatic carbocycles. The Bertz CT molecular complexity index is 1320. The van der Waals surface area contributed by atoms with Crippen molar-refractivity contribution < 1.29 is 28.6 Å². The Balaban J connectivity index is 3.89. The lowest BCUT2D eigenvalue weighted by Crippen LogP contribution is -2.30. The first-order valence-electron chi connectivity index (χ1n) is 37.3. The molecular weight excluding hydrogens is 1010 g/mol. The number of carbonyl (C=O) groups excluding carboxylic acids is 3. The van der Waals surface area contributed by atoms with Gasteiger partial charge >= 0.3 is 17.9 Å². The molecule has 0 fully saturated rings. The summed E-state index contributed by atoms with van der Waals surface area (Å²) in [6, 6.07) is 0. The van der Waals surface area contributed by atoms with Gasteiger partial charge in [0.25, 0.3) is 0 Å². The van der Waals surface area contributed by atoms with Crippen molar-refractivity contribution in [2.24, 2.45) is 0 Å². The van der Waals surface area contributed by atoms with Crippen LogP contribution in [0.4, 0.5) is 0 Å². The van der Waals surface area contributed by atoms with Crippen molar-refractivity contribution in [2.45, 2.75) is 431 Å². The van der Waals surface area contributed by atoms with Crippen LogP contribution in [0.25, 0.3) is 0 Å². The quantitative estimate of drug-likeness (QED) is 0.0261. The zero-order chi connectivity index (χ0) is 59.2. The van der Waals surface area contributed by atoms with E-state index < -0.39 is 6.10 Å². The zero-order valence-electron chi connectivity index (χ0n) is 55.8. The molecular formula is C76H144O6. The summed E-state index contributed by atoms with van der Waals surface area (Å²) in [5, 5.41) is 0. The lowest BCUT2D eigenvalue weighted by atomic mass is 10.0. The average molecular weight is 1150 g/mol. The highest BCUT2D eigenvalue weighted by Crippen LogP contribution is 2.19. The fourth-order valence-corrected chi connectivity index (χ4v) is 11.6. The van der Waals surface area contributed by atoms with Crippen molar-refractivity contribution >= 4 is 17.9 Å². The first kappa shape index (κ1) is 79.9. The van der Waals surface area contributed by atoms with Gasteiger partial charge in [-0.1, -0.05) is 379 Å². The van der Waals surface area contributed by atoms with Gasteiger partial charge in [-0.3, -0.25) is 14.4 Å². The molecule has 82 heavy (non-hydrogen) atoms. The highest BCUT2D eigenvalue weighted by atomic mass is 16.6. The van der Waals surface area contributed by atoms with Gasteiger partial charge in [0.15, 0.2) is 6.10 Å². The summed E-state index contributed by atoms with van der Waals surface area (Å²) in [5.41, 5.74) is 0. The Hall–Kier alpha value is -2.11. The smallest absolute Gasteiger partial charge is 0.306 e. The Morgan fingerprint density at radius 3 is 0.671 bits per heavy atom. The van der Waals surface area contributed by atoms with E-state index in [1.165, 1.54) is 321 Å². The van der Waals surface area contributed by atoms with Crippen LogP contribution >= 0.6 is 0 Å². The maximum atomic E-state index is 12.9. The fourth-order valence-electron chi connectivity index (χ4n) is 11.6. The average Bonchev–Trinajstić information content (AvgIpc) is 3.47. The number of carbonyl (C=O) groups is 3. The van der Waals surface area contributed by atoms with Crippen molar-refractivity contribution in [2.75, 3.05) is 13.2 Å². The van der Waals surface area contributed by atoms with Crippen molar-refractivity contribution in [3.63, 3.8) is 0 Å². The molecule has 1 atom stereocenters. The maximum Gasteiger partial charge on any atom is 0.306 e. The summed E-state index contributed by atoms with van der Waals surface area (Å²) in [6.45, 7) is 6.65. The second-order valence-electron chi connectivity index (χ2n) is 25.6. The van der Waals surface area contributed by atoms with Crippen LogP contribution < -0.4 is 0 Å². The summed E-state index contributed by atoms with van der Waals surface area (Å²) in [5.74, 6) is -0.841. The van der Waals surface area contributed by atoms with Crippen LogP contribution in [-0.2, 0) is 28.6 Å². The predicted molar refractivity (Wildman–Crippen MR) is 358 cm³/mol. The molecule has 0 aromatic rings. The Kier molecular flexibility index (Phi) is 69.5. The molecule has 0 aliphatic rings. The Morgan fingerprint density at radius 1 is 0.244 bits per heavy atom. The van der Waals surface area contributed by atoms with Gasteiger partial charge in [-0.2, -0.15) is 0 Å². The number of hydrogen-bond acceptors (Lipinski definition) is 6. The molecule has 0 amide bonds. The standard InChI is InChI=1S/C76H144O6/c1-4-7-10-13-16-18-20-22-24-26-28-30-32-33-34-35-36-37-38-39-40-41-42-43-45-46-48-50-52-54-56-58-60-63-66-69-75(78)81-72-73(71-80-74(77)68-65-62-15-12-9-6-3)82-76(79)70-67-64-61-59-57-55-53-51-49-47-44-31-29-27-25-23-21-19-17-14-11-8-5-2/h20,22,26,28,73H,4-19,21,23-25,27,29-72H2,1-3H3/b22-20-,28-26-. The van der Waals surface area contributed by atoms with Crippen LogP contribution in [0.5, 0.6) is 0 Å². The molecule has 0 saturated carbocycles. The SMILES string of the molecule is CCCCCCC/C=C\C/C=C\CCCCCCCCCCCCCCCCCCCCCCCCCC(=O)OCC(COC(=O)CCCCCCCC)OC(=O)CCCCCCCCCCCCCCCCCCCCCCCCC. The molecule has 0 bridgehead atoms. The second kappa shape index (κ2) is 71.4. The summed E-state index contributed by atoms with van der Waals surface area (Å²) < 4.78 is 16.9. The van der Waals surface area contributed by atoms with Gasteiger partial charge < -0.3 is 14.2 Å². The minimum atomic E-state index is -0.764. The Labute approximate surface area is 513 Å². The minimum Gasteiger partial charge on any atom is -0.462 e. The highest BCUT2D eigenvalue weighted by Gasteiger charge is 2.20. The summed E-state index contributed by atoms with van der Waals surface area (Å²) in [7, 11) is 0. The molecule has 0 aromatic carbocycles. The predicted octanol–water partition coefficient (Wildman–Crippen LogP) is 25.7. The highest BCUT2D eigenvalue weighted by molar-refractivity contribution is 5.71. The van der Waals surface area contributed by atoms with Crippen molar-refractivity contribution in [1.82, 2.24) is 0 Å².